The Bertz CT molecular complexity index is 983. The van der Waals surface area contributed by atoms with Gasteiger partial charge in [0.15, 0.2) is 0 Å². The fourth-order valence-corrected chi connectivity index (χ4v) is 3.45. The Hall–Kier alpha value is -3.39. The van der Waals surface area contributed by atoms with Gasteiger partial charge in [-0.1, -0.05) is 60.2 Å². The zero-order valence-corrected chi connectivity index (χ0v) is 14.4. The van der Waals surface area contributed by atoms with Crippen LogP contribution in [0.1, 0.15) is 33.9 Å². The van der Waals surface area contributed by atoms with E-state index in [4.69, 9.17) is 10.1 Å². The second-order valence-electron chi connectivity index (χ2n) is 6.54. The summed E-state index contributed by atoms with van der Waals surface area (Å²) >= 11 is 0. The summed E-state index contributed by atoms with van der Waals surface area (Å²) in [7, 11) is 0. The molecular formula is C21H18N4O. The number of rotatable bonds is 3. The number of fused-ring (bicyclic) bond motifs is 1. The van der Waals surface area contributed by atoms with E-state index in [1.807, 2.05) is 49.4 Å². The molecule has 0 radical (unpaired) electrons. The Kier molecular flexibility index (Phi) is 4.02. The summed E-state index contributed by atoms with van der Waals surface area (Å²) in [5.41, 5.74) is 5.09. The summed E-state index contributed by atoms with van der Waals surface area (Å²) in [5.74, 6) is -0.590. The standard InChI is InChI=1S/C21H18N4O/c1-13-7-9-15(10-8-13)18-16(12-22)20(23)26-21-19(18)17(24-25-21)11-14-5-3-2-4-6-14/h2-10,16,18,23H,11H2,1H3,(H,24,25). The van der Waals surface area contributed by atoms with Crippen molar-refractivity contribution in [1.29, 1.82) is 10.7 Å². The molecule has 1 aromatic heterocycles. The van der Waals surface area contributed by atoms with Gasteiger partial charge in [-0.05, 0) is 18.1 Å². The summed E-state index contributed by atoms with van der Waals surface area (Å²) in [6.45, 7) is 2.03. The van der Waals surface area contributed by atoms with Crippen molar-refractivity contribution in [2.45, 2.75) is 19.3 Å². The first-order valence-electron chi connectivity index (χ1n) is 8.51. The van der Waals surface area contributed by atoms with Gasteiger partial charge in [-0.15, -0.1) is 5.10 Å². The third-order valence-corrected chi connectivity index (χ3v) is 4.78. The number of ether oxygens (including phenoxy) is 1. The van der Waals surface area contributed by atoms with Gasteiger partial charge in [0.25, 0.3) is 0 Å². The molecule has 3 aromatic rings. The largest absolute Gasteiger partial charge is 0.422 e. The van der Waals surface area contributed by atoms with Crippen LogP contribution in [0, 0.1) is 29.6 Å². The van der Waals surface area contributed by atoms with Gasteiger partial charge in [-0.2, -0.15) is 5.26 Å². The van der Waals surface area contributed by atoms with E-state index in [9.17, 15) is 5.26 Å². The average molecular weight is 342 g/mol. The van der Waals surface area contributed by atoms with Gasteiger partial charge in [0, 0.05) is 23.6 Å². The highest BCUT2D eigenvalue weighted by Crippen LogP contribution is 2.43. The Morgan fingerprint density at radius 1 is 1.15 bits per heavy atom. The molecule has 1 aliphatic heterocycles. The quantitative estimate of drug-likeness (QED) is 0.755. The van der Waals surface area contributed by atoms with Crippen molar-refractivity contribution in [3.63, 3.8) is 0 Å². The van der Waals surface area contributed by atoms with Crippen molar-refractivity contribution in [3.8, 4) is 11.9 Å². The molecule has 2 aromatic carbocycles. The minimum Gasteiger partial charge on any atom is -0.422 e. The number of nitrogens with one attached hydrogen (secondary N) is 2. The van der Waals surface area contributed by atoms with E-state index in [1.54, 1.807) is 0 Å². The molecule has 0 fully saturated rings. The second-order valence-corrected chi connectivity index (χ2v) is 6.54. The molecule has 0 aliphatic carbocycles. The van der Waals surface area contributed by atoms with E-state index < -0.39 is 5.92 Å². The molecule has 2 heterocycles. The molecule has 5 nitrogen and oxygen atoms in total. The van der Waals surface area contributed by atoms with Crippen LogP contribution in [0.2, 0.25) is 0 Å². The van der Waals surface area contributed by atoms with Crippen LogP contribution in [0.15, 0.2) is 54.6 Å². The number of nitrogens with zero attached hydrogens (tertiary/aromatic N) is 2. The Morgan fingerprint density at radius 3 is 2.58 bits per heavy atom. The molecule has 0 spiro atoms. The lowest BCUT2D eigenvalue weighted by Crippen LogP contribution is -2.31. The maximum absolute atomic E-state index is 9.69. The van der Waals surface area contributed by atoms with E-state index in [0.717, 1.165) is 27.9 Å². The molecule has 0 bridgehead atoms. The lowest BCUT2D eigenvalue weighted by Gasteiger charge is -2.28. The van der Waals surface area contributed by atoms with Crippen LogP contribution in [0.3, 0.4) is 0 Å². The highest BCUT2D eigenvalue weighted by atomic mass is 16.5. The molecule has 0 saturated heterocycles. The van der Waals surface area contributed by atoms with Crippen molar-refractivity contribution in [3.05, 3.63) is 82.5 Å². The molecule has 5 heteroatoms. The normalized spacial score (nSPS) is 18.7. The molecule has 128 valence electrons. The van der Waals surface area contributed by atoms with Crippen molar-refractivity contribution < 1.29 is 4.74 Å². The SMILES string of the molecule is Cc1ccc(C2c3c(n[nH]c3Cc3ccccc3)OC(=N)C2C#N)cc1. The van der Waals surface area contributed by atoms with E-state index in [1.165, 1.54) is 0 Å². The summed E-state index contributed by atoms with van der Waals surface area (Å²) in [5, 5.41) is 25.1. The Morgan fingerprint density at radius 2 is 1.88 bits per heavy atom. The number of hydrogen-bond acceptors (Lipinski definition) is 4. The van der Waals surface area contributed by atoms with Gasteiger partial charge in [-0.25, -0.2) is 0 Å². The van der Waals surface area contributed by atoms with Crippen molar-refractivity contribution in [2.75, 3.05) is 0 Å². The fraction of sp³-hybridized carbons (Fsp3) is 0.190. The van der Waals surface area contributed by atoms with E-state index >= 15 is 0 Å². The summed E-state index contributed by atoms with van der Waals surface area (Å²) in [6.07, 6.45) is 0.667. The third kappa shape index (κ3) is 2.76. The van der Waals surface area contributed by atoms with Crippen LogP contribution in [0.4, 0.5) is 0 Å². The Balaban J connectivity index is 1.83. The molecule has 2 unspecified atom stereocenters. The van der Waals surface area contributed by atoms with Gasteiger partial charge in [0.05, 0.1) is 6.07 Å². The Labute approximate surface area is 151 Å². The monoisotopic (exact) mass is 342 g/mol. The number of H-pyrrole nitrogens is 1. The third-order valence-electron chi connectivity index (χ3n) is 4.78. The van der Waals surface area contributed by atoms with Crippen LogP contribution in [-0.2, 0) is 6.42 Å². The molecule has 1 aliphatic rings. The fourth-order valence-electron chi connectivity index (χ4n) is 3.45. The minimum atomic E-state index is -0.669. The highest BCUT2D eigenvalue weighted by Gasteiger charge is 2.40. The first-order valence-corrected chi connectivity index (χ1v) is 8.51. The van der Waals surface area contributed by atoms with Crippen molar-refractivity contribution >= 4 is 5.90 Å². The number of benzene rings is 2. The van der Waals surface area contributed by atoms with Gasteiger partial charge < -0.3 is 4.74 Å². The molecular weight excluding hydrogens is 324 g/mol. The molecule has 26 heavy (non-hydrogen) atoms. The molecule has 2 atom stereocenters. The van der Waals surface area contributed by atoms with Gasteiger partial charge >= 0.3 is 0 Å². The second kappa shape index (κ2) is 6.49. The number of aromatic nitrogens is 2. The zero-order chi connectivity index (χ0) is 18.1. The van der Waals surface area contributed by atoms with Gasteiger partial charge in [0.2, 0.25) is 11.8 Å². The predicted octanol–water partition coefficient (Wildman–Crippen LogP) is 3.95. The summed E-state index contributed by atoms with van der Waals surface area (Å²) < 4.78 is 5.55. The van der Waals surface area contributed by atoms with Crippen LogP contribution < -0.4 is 4.74 Å². The van der Waals surface area contributed by atoms with Crippen LogP contribution in [0.5, 0.6) is 5.88 Å². The van der Waals surface area contributed by atoms with Crippen molar-refractivity contribution in [2.24, 2.45) is 5.92 Å². The van der Waals surface area contributed by atoms with E-state index in [0.29, 0.717) is 12.3 Å². The zero-order valence-electron chi connectivity index (χ0n) is 14.4. The lowest BCUT2D eigenvalue weighted by molar-refractivity contribution is 0.436. The maximum atomic E-state index is 9.69. The summed E-state index contributed by atoms with van der Waals surface area (Å²) in [4.78, 5) is 0. The maximum Gasteiger partial charge on any atom is 0.243 e. The topological polar surface area (TPSA) is 85.5 Å². The predicted molar refractivity (Wildman–Crippen MR) is 98.3 cm³/mol. The first kappa shape index (κ1) is 16.1. The number of aryl methyl sites for hydroxylation is 1. The highest BCUT2D eigenvalue weighted by molar-refractivity contribution is 5.84. The number of aromatic amines is 1. The van der Waals surface area contributed by atoms with Crippen LogP contribution in [0.25, 0.3) is 0 Å². The van der Waals surface area contributed by atoms with Crippen LogP contribution in [-0.4, -0.2) is 16.1 Å². The van der Waals surface area contributed by atoms with Crippen molar-refractivity contribution in [1.82, 2.24) is 10.2 Å². The smallest absolute Gasteiger partial charge is 0.243 e. The summed E-state index contributed by atoms with van der Waals surface area (Å²) in [6, 6.07) is 20.4. The minimum absolute atomic E-state index is 0.0525. The molecule has 0 saturated carbocycles. The molecule has 4 rings (SSSR count). The van der Waals surface area contributed by atoms with Gasteiger partial charge in [0.1, 0.15) is 5.92 Å². The van der Waals surface area contributed by atoms with Gasteiger partial charge in [-0.3, -0.25) is 10.5 Å². The molecule has 2 N–H and O–H groups in total. The average Bonchev–Trinajstić information content (AvgIpc) is 3.04. The van der Waals surface area contributed by atoms with E-state index in [-0.39, 0.29) is 11.8 Å². The lowest BCUT2D eigenvalue weighted by atomic mass is 9.79. The van der Waals surface area contributed by atoms with Crippen LogP contribution >= 0.6 is 0 Å². The molecule has 0 amide bonds. The number of nitriles is 1. The first-order chi connectivity index (χ1) is 12.7. The van der Waals surface area contributed by atoms with E-state index in [2.05, 4.69) is 28.4 Å². The number of hydrogen-bond donors (Lipinski definition) is 2.